The zero-order valence-electron chi connectivity index (χ0n) is 11.7. The molecule has 0 bridgehead atoms. The number of nitrogens with one attached hydrogen (secondary N) is 1. The largest absolute Gasteiger partial charge is 0.459 e. The molecule has 114 valence electrons. The first-order chi connectivity index (χ1) is 10.6. The first-order valence-corrected chi connectivity index (χ1v) is 7.47. The van der Waals surface area contributed by atoms with Crippen LogP contribution in [0, 0.1) is 0 Å². The van der Waals surface area contributed by atoms with Gasteiger partial charge in [0.25, 0.3) is 5.89 Å². The molecule has 0 aliphatic heterocycles. The van der Waals surface area contributed by atoms with Crippen molar-refractivity contribution >= 4 is 17.2 Å². The molecule has 22 heavy (non-hydrogen) atoms. The molecule has 0 aliphatic carbocycles. The fourth-order valence-corrected chi connectivity index (χ4v) is 2.52. The summed E-state index contributed by atoms with van der Waals surface area (Å²) >= 11 is 1.55. The highest BCUT2D eigenvalue weighted by Gasteiger charge is 2.22. The quantitative estimate of drug-likeness (QED) is 0.777. The number of carbonyl (C=O) groups is 1. The van der Waals surface area contributed by atoms with E-state index < -0.39 is 11.8 Å². The van der Waals surface area contributed by atoms with Crippen molar-refractivity contribution in [3.63, 3.8) is 0 Å². The Hall–Kier alpha value is -2.61. The normalized spacial score (nSPS) is 12.2. The molecule has 0 aromatic carbocycles. The smallest absolute Gasteiger partial charge is 0.438 e. The van der Waals surface area contributed by atoms with E-state index in [2.05, 4.69) is 10.4 Å². The van der Waals surface area contributed by atoms with Crippen molar-refractivity contribution in [1.82, 2.24) is 15.1 Å². The number of furan rings is 1. The summed E-state index contributed by atoms with van der Waals surface area (Å²) in [5, 5.41) is 8.70. The molecule has 0 fully saturated rings. The van der Waals surface area contributed by atoms with E-state index in [0.717, 1.165) is 9.56 Å². The zero-order valence-corrected chi connectivity index (χ0v) is 12.5. The van der Waals surface area contributed by atoms with Crippen molar-refractivity contribution in [3.05, 3.63) is 51.3 Å². The molecule has 1 N–H and O–H groups in total. The Kier molecular flexibility index (Phi) is 3.92. The van der Waals surface area contributed by atoms with Crippen LogP contribution < -0.4 is 11.1 Å². The van der Waals surface area contributed by atoms with Gasteiger partial charge in [0.1, 0.15) is 6.04 Å². The maximum Gasteiger partial charge on any atom is 0.438 e. The van der Waals surface area contributed by atoms with Gasteiger partial charge in [-0.25, -0.2) is 4.79 Å². The van der Waals surface area contributed by atoms with Crippen molar-refractivity contribution in [2.75, 3.05) is 0 Å². The Balaban J connectivity index is 1.73. The predicted molar refractivity (Wildman–Crippen MR) is 79.3 cm³/mol. The summed E-state index contributed by atoms with van der Waals surface area (Å²) in [4.78, 5) is 25.0. The van der Waals surface area contributed by atoms with Gasteiger partial charge in [0, 0.05) is 4.88 Å². The van der Waals surface area contributed by atoms with E-state index in [1.165, 1.54) is 6.26 Å². The van der Waals surface area contributed by atoms with E-state index >= 15 is 0 Å². The van der Waals surface area contributed by atoms with Gasteiger partial charge in [-0.3, -0.25) is 4.79 Å². The Morgan fingerprint density at radius 3 is 3.00 bits per heavy atom. The molecule has 0 aliphatic rings. The van der Waals surface area contributed by atoms with Crippen LogP contribution >= 0.6 is 11.3 Å². The van der Waals surface area contributed by atoms with Crippen LogP contribution in [0.4, 0.5) is 0 Å². The van der Waals surface area contributed by atoms with E-state index in [1.807, 2.05) is 17.5 Å². The number of carbonyl (C=O) groups excluding carboxylic acids is 1. The van der Waals surface area contributed by atoms with Crippen LogP contribution in [0.5, 0.6) is 0 Å². The van der Waals surface area contributed by atoms with E-state index in [9.17, 15) is 9.59 Å². The Labute approximate surface area is 129 Å². The van der Waals surface area contributed by atoms with Gasteiger partial charge in [0.15, 0.2) is 5.76 Å². The third-order valence-corrected chi connectivity index (χ3v) is 3.94. The molecular formula is C14H13N3O4S. The summed E-state index contributed by atoms with van der Waals surface area (Å²) in [6.45, 7) is 2.00. The summed E-state index contributed by atoms with van der Waals surface area (Å²) in [5.41, 5.74) is 0. The van der Waals surface area contributed by atoms with Crippen molar-refractivity contribution < 1.29 is 13.6 Å². The maximum absolute atomic E-state index is 12.1. The molecule has 1 amide bonds. The lowest BCUT2D eigenvalue weighted by Gasteiger charge is -2.09. The zero-order chi connectivity index (χ0) is 15.5. The number of hydrogen-bond donors (Lipinski definition) is 1. The Bertz CT molecular complexity index is 802. The molecule has 8 heteroatoms. The predicted octanol–water partition coefficient (Wildman–Crippen LogP) is 2.04. The minimum atomic E-state index is -0.778. The van der Waals surface area contributed by atoms with Crippen molar-refractivity contribution in [2.45, 2.75) is 19.5 Å². The molecule has 3 aromatic heterocycles. The number of thiophene rings is 1. The lowest BCUT2D eigenvalue weighted by atomic mass is 10.3. The molecule has 3 rings (SSSR count). The van der Waals surface area contributed by atoms with Crippen LogP contribution in [0.3, 0.4) is 0 Å². The van der Waals surface area contributed by atoms with Crippen LogP contribution in [-0.4, -0.2) is 15.7 Å². The number of amides is 1. The molecule has 1 unspecified atom stereocenters. The highest BCUT2D eigenvalue weighted by molar-refractivity contribution is 7.09. The fourth-order valence-electron chi connectivity index (χ4n) is 1.88. The summed E-state index contributed by atoms with van der Waals surface area (Å²) in [5.74, 6) is -0.630. The third-order valence-electron chi connectivity index (χ3n) is 3.06. The Morgan fingerprint density at radius 1 is 1.45 bits per heavy atom. The first-order valence-electron chi connectivity index (χ1n) is 6.59. The lowest BCUT2D eigenvalue weighted by Crippen LogP contribution is -2.34. The number of aromatic nitrogens is 2. The molecule has 0 saturated heterocycles. The average Bonchev–Trinajstić information content (AvgIpc) is 3.24. The van der Waals surface area contributed by atoms with Crippen LogP contribution in [0.2, 0.25) is 0 Å². The standard InChI is InChI=1S/C14H13N3O4S/c1-9(12(18)15-8-10-4-3-7-22-10)17-14(19)21-13(16-17)11-5-2-6-20-11/h2-7,9H,8H2,1H3,(H,15,18). The third kappa shape index (κ3) is 2.86. The van der Waals surface area contributed by atoms with Crippen molar-refractivity contribution in [2.24, 2.45) is 0 Å². The van der Waals surface area contributed by atoms with Gasteiger partial charge in [0.05, 0.1) is 12.8 Å². The molecule has 0 saturated carbocycles. The summed E-state index contributed by atoms with van der Waals surface area (Å²) < 4.78 is 11.1. The van der Waals surface area contributed by atoms with Crippen LogP contribution in [0.15, 0.2) is 49.5 Å². The highest BCUT2D eigenvalue weighted by atomic mass is 32.1. The topological polar surface area (TPSA) is 90.3 Å². The van der Waals surface area contributed by atoms with E-state index in [0.29, 0.717) is 12.3 Å². The minimum absolute atomic E-state index is 0.0490. The highest BCUT2D eigenvalue weighted by Crippen LogP contribution is 2.16. The fraction of sp³-hybridized carbons (Fsp3) is 0.214. The van der Waals surface area contributed by atoms with E-state index in [1.54, 1.807) is 30.4 Å². The van der Waals surface area contributed by atoms with Crippen LogP contribution in [0.25, 0.3) is 11.7 Å². The maximum atomic E-state index is 12.1. The molecule has 0 spiro atoms. The SMILES string of the molecule is CC(C(=O)NCc1cccs1)n1nc(-c2ccco2)oc1=O. The summed E-state index contributed by atoms with van der Waals surface area (Å²) in [6, 6.07) is 6.34. The number of hydrogen-bond acceptors (Lipinski definition) is 6. The molecular weight excluding hydrogens is 306 g/mol. The van der Waals surface area contributed by atoms with Crippen molar-refractivity contribution in [1.29, 1.82) is 0 Å². The van der Waals surface area contributed by atoms with Crippen LogP contribution in [-0.2, 0) is 11.3 Å². The van der Waals surface area contributed by atoms with Gasteiger partial charge in [-0.05, 0) is 30.5 Å². The van der Waals surface area contributed by atoms with Crippen LogP contribution in [0.1, 0.15) is 17.8 Å². The molecule has 3 heterocycles. The Morgan fingerprint density at radius 2 is 2.32 bits per heavy atom. The summed E-state index contributed by atoms with van der Waals surface area (Å²) in [7, 11) is 0. The second kappa shape index (κ2) is 6.02. The van der Waals surface area contributed by atoms with Crippen molar-refractivity contribution in [3.8, 4) is 11.7 Å². The minimum Gasteiger partial charge on any atom is -0.459 e. The first kappa shape index (κ1) is 14.3. The van der Waals surface area contributed by atoms with Gasteiger partial charge < -0.3 is 14.2 Å². The molecule has 0 radical (unpaired) electrons. The number of nitrogens with zero attached hydrogens (tertiary/aromatic N) is 2. The van der Waals surface area contributed by atoms with Gasteiger partial charge in [-0.2, -0.15) is 4.68 Å². The second-order valence-corrected chi connectivity index (χ2v) is 5.60. The van der Waals surface area contributed by atoms with Gasteiger partial charge in [-0.15, -0.1) is 16.4 Å². The molecule has 7 nitrogen and oxygen atoms in total. The second-order valence-electron chi connectivity index (χ2n) is 4.57. The lowest BCUT2D eigenvalue weighted by molar-refractivity contribution is -0.124. The van der Waals surface area contributed by atoms with E-state index in [4.69, 9.17) is 8.83 Å². The summed E-state index contributed by atoms with van der Waals surface area (Å²) in [6.07, 6.45) is 1.45. The number of rotatable bonds is 5. The van der Waals surface area contributed by atoms with Gasteiger partial charge in [-0.1, -0.05) is 6.07 Å². The average molecular weight is 319 g/mol. The van der Waals surface area contributed by atoms with Gasteiger partial charge >= 0.3 is 5.76 Å². The van der Waals surface area contributed by atoms with Gasteiger partial charge in [0.2, 0.25) is 5.91 Å². The van der Waals surface area contributed by atoms with E-state index in [-0.39, 0.29) is 11.8 Å². The monoisotopic (exact) mass is 319 g/mol. The molecule has 1 atom stereocenters. The molecule has 3 aromatic rings.